The molecule has 6 nitrogen and oxygen atoms in total. The fourth-order valence-electron chi connectivity index (χ4n) is 3.75. The number of benzene rings is 2. The zero-order chi connectivity index (χ0) is 23.4. The van der Waals surface area contributed by atoms with Crippen molar-refractivity contribution in [2.75, 3.05) is 7.11 Å². The number of carbonyl (C=O) groups is 1. The van der Waals surface area contributed by atoms with Gasteiger partial charge in [-0.25, -0.2) is 0 Å². The van der Waals surface area contributed by atoms with Crippen molar-refractivity contribution >= 4 is 5.78 Å². The Labute approximate surface area is 188 Å². The highest BCUT2D eigenvalue weighted by molar-refractivity contribution is 6.03. The Morgan fingerprint density at radius 3 is 2.56 bits per heavy atom. The summed E-state index contributed by atoms with van der Waals surface area (Å²) >= 11 is 0. The van der Waals surface area contributed by atoms with E-state index in [2.05, 4.69) is 19.9 Å². The van der Waals surface area contributed by atoms with Crippen molar-refractivity contribution in [1.82, 2.24) is 0 Å². The third-order valence-electron chi connectivity index (χ3n) is 5.59. The molecule has 170 valence electrons. The van der Waals surface area contributed by atoms with Gasteiger partial charge in [-0.2, -0.15) is 0 Å². The standard InChI is InChI=1S/C26H30O6/c1-15(2)6-5-7-16(3)8-10-18-20(28)13-24-25(26(18)30)21(29)14-22(32-24)17-9-11-19(27)23(12-17)31-4/h6,8-9,11-13,22,27-28,30H,5,7,10,14H2,1-4H3/b16-8+. The molecule has 2 aromatic rings. The first kappa shape index (κ1) is 23.3. The first-order valence-corrected chi connectivity index (χ1v) is 10.6. The maximum atomic E-state index is 12.9. The Balaban J connectivity index is 1.84. The van der Waals surface area contributed by atoms with Gasteiger partial charge in [-0.15, -0.1) is 0 Å². The predicted octanol–water partition coefficient (Wildman–Crippen LogP) is 5.75. The van der Waals surface area contributed by atoms with Gasteiger partial charge >= 0.3 is 0 Å². The largest absolute Gasteiger partial charge is 0.507 e. The van der Waals surface area contributed by atoms with E-state index in [-0.39, 0.29) is 46.5 Å². The number of fused-ring (bicyclic) bond motifs is 1. The highest BCUT2D eigenvalue weighted by Crippen LogP contribution is 2.45. The first-order valence-electron chi connectivity index (χ1n) is 10.6. The summed E-state index contributed by atoms with van der Waals surface area (Å²) in [5.74, 6) is -0.223. The molecule has 2 aromatic carbocycles. The summed E-state index contributed by atoms with van der Waals surface area (Å²) in [6.45, 7) is 6.13. The molecule has 0 aliphatic carbocycles. The minimum absolute atomic E-state index is 0.0112. The van der Waals surface area contributed by atoms with Crippen molar-refractivity contribution in [2.45, 2.75) is 52.6 Å². The number of Topliss-reactive ketones (excluding diaryl/α,β-unsaturated/α-hetero) is 1. The summed E-state index contributed by atoms with van der Waals surface area (Å²) in [6, 6.07) is 6.12. The van der Waals surface area contributed by atoms with Gasteiger partial charge in [-0.05, 0) is 57.7 Å². The van der Waals surface area contributed by atoms with Crippen LogP contribution in [0, 0.1) is 0 Å². The quantitative estimate of drug-likeness (QED) is 0.476. The van der Waals surface area contributed by atoms with E-state index in [1.807, 2.05) is 13.0 Å². The molecule has 32 heavy (non-hydrogen) atoms. The average molecular weight is 439 g/mol. The number of allylic oxidation sites excluding steroid dienone is 4. The van der Waals surface area contributed by atoms with Crippen molar-refractivity contribution in [2.24, 2.45) is 0 Å². The van der Waals surface area contributed by atoms with Gasteiger partial charge in [0.1, 0.15) is 28.9 Å². The second kappa shape index (κ2) is 9.81. The summed E-state index contributed by atoms with van der Waals surface area (Å²) < 4.78 is 11.1. The Morgan fingerprint density at radius 2 is 1.88 bits per heavy atom. The van der Waals surface area contributed by atoms with Crippen molar-refractivity contribution < 1.29 is 29.6 Å². The van der Waals surface area contributed by atoms with Crippen LogP contribution in [0.2, 0.25) is 0 Å². The first-order chi connectivity index (χ1) is 15.2. The molecule has 0 amide bonds. The van der Waals surface area contributed by atoms with E-state index in [4.69, 9.17) is 9.47 Å². The van der Waals surface area contributed by atoms with Gasteiger partial charge in [-0.1, -0.05) is 29.4 Å². The maximum Gasteiger partial charge on any atom is 0.174 e. The van der Waals surface area contributed by atoms with E-state index in [9.17, 15) is 20.1 Å². The van der Waals surface area contributed by atoms with Crippen LogP contribution >= 0.6 is 0 Å². The topological polar surface area (TPSA) is 96.2 Å². The normalized spacial score (nSPS) is 15.7. The minimum atomic E-state index is -0.619. The number of aromatic hydroxyl groups is 3. The summed E-state index contributed by atoms with van der Waals surface area (Å²) in [4.78, 5) is 12.9. The molecule has 3 rings (SSSR count). The number of hydrogen-bond acceptors (Lipinski definition) is 6. The molecule has 0 spiro atoms. The molecule has 0 aromatic heterocycles. The fraction of sp³-hybridized carbons (Fsp3) is 0.346. The van der Waals surface area contributed by atoms with E-state index in [1.165, 1.54) is 24.8 Å². The van der Waals surface area contributed by atoms with Crippen molar-refractivity contribution in [3.63, 3.8) is 0 Å². The molecule has 0 bridgehead atoms. The molecule has 1 aliphatic heterocycles. The Bertz CT molecular complexity index is 1080. The lowest BCUT2D eigenvalue weighted by atomic mass is 9.92. The van der Waals surface area contributed by atoms with Gasteiger partial charge in [0.2, 0.25) is 0 Å². The molecule has 0 fully saturated rings. The second-order valence-electron chi connectivity index (χ2n) is 8.34. The molecule has 1 aliphatic rings. The molecule has 1 atom stereocenters. The van der Waals surface area contributed by atoms with E-state index in [0.29, 0.717) is 17.5 Å². The SMILES string of the molecule is COc1cc(C2CC(=O)c3c(cc(O)c(C/C=C(\C)CCC=C(C)C)c3O)O2)ccc1O. The van der Waals surface area contributed by atoms with Gasteiger partial charge in [-0.3, -0.25) is 4.79 Å². The monoisotopic (exact) mass is 438 g/mol. The van der Waals surface area contributed by atoms with Crippen LogP contribution in [0.15, 0.2) is 47.6 Å². The molecular weight excluding hydrogens is 408 g/mol. The van der Waals surface area contributed by atoms with Crippen molar-refractivity contribution in [3.05, 3.63) is 64.3 Å². The molecule has 0 radical (unpaired) electrons. The van der Waals surface area contributed by atoms with Crippen molar-refractivity contribution in [3.8, 4) is 28.7 Å². The zero-order valence-corrected chi connectivity index (χ0v) is 18.9. The lowest BCUT2D eigenvalue weighted by Crippen LogP contribution is -2.21. The minimum Gasteiger partial charge on any atom is -0.507 e. The highest BCUT2D eigenvalue weighted by atomic mass is 16.5. The van der Waals surface area contributed by atoms with Crippen LogP contribution in [0.5, 0.6) is 28.7 Å². The van der Waals surface area contributed by atoms with Crippen LogP contribution < -0.4 is 9.47 Å². The lowest BCUT2D eigenvalue weighted by Gasteiger charge is -2.27. The number of phenols is 3. The number of phenolic OH excluding ortho intramolecular Hbond substituents is 3. The third kappa shape index (κ3) is 5.07. The summed E-state index contributed by atoms with van der Waals surface area (Å²) in [5.41, 5.74) is 3.47. The number of rotatable bonds is 7. The van der Waals surface area contributed by atoms with Gasteiger partial charge in [0, 0.05) is 11.6 Å². The van der Waals surface area contributed by atoms with Crippen LogP contribution in [0.1, 0.15) is 67.6 Å². The van der Waals surface area contributed by atoms with Gasteiger partial charge in [0.15, 0.2) is 17.3 Å². The van der Waals surface area contributed by atoms with Crippen LogP contribution in [0.25, 0.3) is 0 Å². The number of ketones is 1. The summed E-state index contributed by atoms with van der Waals surface area (Å²) in [6.07, 6.45) is 5.67. The third-order valence-corrected chi connectivity index (χ3v) is 5.59. The van der Waals surface area contributed by atoms with Gasteiger partial charge in [0.05, 0.1) is 13.5 Å². The number of methoxy groups -OCH3 is 1. The van der Waals surface area contributed by atoms with Crippen LogP contribution in [0.4, 0.5) is 0 Å². The molecule has 0 saturated heterocycles. The van der Waals surface area contributed by atoms with Crippen LogP contribution in [0.3, 0.4) is 0 Å². The lowest BCUT2D eigenvalue weighted by molar-refractivity contribution is 0.0844. The van der Waals surface area contributed by atoms with Gasteiger partial charge < -0.3 is 24.8 Å². The maximum absolute atomic E-state index is 12.9. The van der Waals surface area contributed by atoms with Gasteiger partial charge in [0.25, 0.3) is 0 Å². The van der Waals surface area contributed by atoms with E-state index < -0.39 is 6.10 Å². The molecule has 0 saturated carbocycles. The van der Waals surface area contributed by atoms with Crippen LogP contribution in [-0.2, 0) is 6.42 Å². The summed E-state index contributed by atoms with van der Waals surface area (Å²) in [7, 11) is 1.44. The highest BCUT2D eigenvalue weighted by Gasteiger charge is 2.33. The predicted molar refractivity (Wildman–Crippen MR) is 123 cm³/mol. The fourth-order valence-corrected chi connectivity index (χ4v) is 3.75. The van der Waals surface area contributed by atoms with Crippen molar-refractivity contribution in [1.29, 1.82) is 0 Å². The second-order valence-corrected chi connectivity index (χ2v) is 8.34. The molecule has 1 unspecified atom stereocenters. The number of ether oxygens (including phenoxy) is 2. The number of hydrogen-bond donors (Lipinski definition) is 3. The van der Waals surface area contributed by atoms with E-state index >= 15 is 0 Å². The zero-order valence-electron chi connectivity index (χ0n) is 18.9. The Hall–Kier alpha value is -3.41. The smallest absolute Gasteiger partial charge is 0.174 e. The Morgan fingerprint density at radius 1 is 1.12 bits per heavy atom. The summed E-state index contributed by atoms with van der Waals surface area (Å²) in [5, 5.41) is 31.1. The molecule has 1 heterocycles. The number of carbonyl (C=O) groups excluding carboxylic acids is 1. The van der Waals surface area contributed by atoms with E-state index in [0.717, 1.165) is 18.4 Å². The molecule has 6 heteroatoms. The molecular formula is C26H30O6. The molecule has 3 N–H and O–H groups in total. The van der Waals surface area contributed by atoms with E-state index in [1.54, 1.807) is 12.1 Å². The Kier molecular flexibility index (Phi) is 7.13. The average Bonchev–Trinajstić information content (AvgIpc) is 2.73. The van der Waals surface area contributed by atoms with Crippen LogP contribution in [-0.4, -0.2) is 28.2 Å².